The van der Waals surface area contributed by atoms with E-state index < -0.39 is 39.4 Å². The second-order valence-electron chi connectivity index (χ2n) is 7.59. The summed E-state index contributed by atoms with van der Waals surface area (Å²) in [5.41, 5.74) is -1.44. The van der Waals surface area contributed by atoms with Crippen molar-refractivity contribution in [1.82, 2.24) is 5.32 Å². The number of amides is 1. The van der Waals surface area contributed by atoms with Gasteiger partial charge in [0.1, 0.15) is 17.2 Å². The van der Waals surface area contributed by atoms with E-state index in [9.17, 15) is 19.5 Å². The molecule has 0 aromatic carbocycles. The Bertz CT molecular complexity index is 462. The molecule has 0 aliphatic heterocycles. The van der Waals surface area contributed by atoms with Crippen molar-refractivity contribution < 1.29 is 29.0 Å². The highest BCUT2D eigenvalue weighted by molar-refractivity contribution is 8.14. The van der Waals surface area contributed by atoms with Gasteiger partial charge in [0, 0.05) is 0 Å². The molecular weight excluding hydrogens is 322 g/mol. The van der Waals surface area contributed by atoms with E-state index in [0.29, 0.717) is 11.8 Å². The van der Waals surface area contributed by atoms with E-state index >= 15 is 0 Å². The molecule has 0 saturated carbocycles. The van der Waals surface area contributed by atoms with Gasteiger partial charge in [0.05, 0.1) is 4.75 Å². The summed E-state index contributed by atoms with van der Waals surface area (Å²) in [6.45, 7) is 13.2. The van der Waals surface area contributed by atoms with Gasteiger partial charge in [-0.05, 0) is 67.2 Å². The van der Waals surface area contributed by atoms with E-state index in [2.05, 4.69) is 5.32 Å². The molecule has 0 heterocycles. The standard InChI is InChI=1S/C15H27NO6S/c1-13(2,3)21-11(19)16-9(10(17)18)15(7,8)23-12(20)22-14(4,5)6/h9H,1-8H3,(H,16,19)(H,17,18)/t9-/m1/s1. The Morgan fingerprint density at radius 3 is 1.70 bits per heavy atom. The lowest BCUT2D eigenvalue weighted by Gasteiger charge is -2.32. The number of carboxylic acids is 1. The molecular formula is C15H27NO6S. The molecule has 0 bridgehead atoms. The first-order chi connectivity index (χ1) is 10.0. The van der Waals surface area contributed by atoms with Gasteiger partial charge in [-0.1, -0.05) is 0 Å². The maximum absolute atomic E-state index is 11.9. The molecule has 0 spiro atoms. The van der Waals surface area contributed by atoms with Gasteiger partial charge in [0.2, 0.25) is 0 Å². The molecule has 0 unspecified atom stereocenters. The van der Waals surface area contributed by atoms with E-state index in [1.807, 2.05) is 0 Å². The number of nitrogens with one attached hydrogen (secondary N) is 1. The minimum Gasteiger partial charge on any atom is -0.480 e. The highest BCUT2D eigenvalue weighted by Crippen LogP contribution is 2.31. The number of carbonyl (C=O) groups is 3. The van der Waals surface area contributed by atoms with Crippen LogP contribution in [-0.2, 0) is 14.3 Å². The fourth-order valence-corrected chi connectivity index (χ4v) is 2.50. The van der Waals surface area contributed by atoms with Gasteiger partial charge in [-0.3, -0.25) is 0 Å². The van der Waals surface area contributed by atoms with Gasteiger partial charge in [-0.25, -0.2) is 14.4 Å². The summed E-state index contributed by atoms with van der Waals surface area (Å²) in [7, 11) is 0. The van der Waals surface area contributed by atoms with Crippen LogP contribution in [0, 0.1) is 0 Å². The van der Waals surface area contributed by atoms with Crippen LogP contribution in [0.4, 0.5) is 9.59 Å². The Balaban J connectivity index is 5.02. The number of carbonyl (C=O) groups excluding carboxylic acids is 2. The lowest BCUT2D eigenvalue weighted by atomic mass is 10.0. The van der Waals surface area contributed by atoms with Crippen LogP contribution in [0.25, 0.3) is 0 Å². The van der Waals surface area contributed by atoms with Gasteiger partial charge >= 0.3 is 17.4 Å². The summed E-state index contributed by atoms with van der Waals surface area (Å²) in [6, 6.07) is -1.32. The van der Waals surface area contributed by atoms with Gasteiger partial charge in [0.15, 0.2) is 0 Å². The molecule has 0 rings (SSSR count). The molecule has 0 saturated heterocycles. The number of hydrogen-bond acceptors (Lipinski definition) is 6. The number of carboxylic acid groups (broad SMARTS) is 1. The van der Waals surface area contributed by atoms with Crippen molar-refractivity contribution in [3.05, 3.63) is 0 Å². The molecule has 8 heteroatoms. The SMILES string of the molecule is CC(C)(C)OC(=O)N[C@H](C(=O)O)C(C)(C)SC(=O)OC(C)(C)C. The Labute approximate surface area is 141 Å². The highest BCUT2D eigenvalue weighted by Gasteiger charge is 2.41. The fraction of sp³-hybridized carbons (Fsp3) is 0.800. The predicted octanol–water partition coefficient (Wildman–Crippen LogP) is 3.41. The van der Waals surface area contributed by atoms with Crippen molar-refractivity contribution in [3.8, 4) is 0 Å². The van der Waals surface area contributed by atoms with E-state index in [1.165, 1.54) is 13.8 Å². The van der Waals surface area contributed by atoms with Crippen molar-refractivity contribution >= 4 is 29.1 Å². The minimum atomic E-state index is -1.32. The summed E-state index contributed by atoms with van der Waals surface area (Å²) in [4.78, 5) is 35.2. The summed E-state index contributed by atoms with van der Waals surface area (Å²) < 4.78 is 9.10. The first-order valence-corrected chi connectivity index (χ1v) is 7.99. The Morgan fingerprint density at radius 2 is 1.35 bits per heavy atom. The van der Waals surface area contributed by atoms with Crippen molar-refractivity contribution in [2.75, 3.05) is 0 Å². The zero-order valence-electron chi connectivity index (χ0n) is 15.0. The van der Waals surface area contributed by atoms with Crippen molar-refractivity contribution in [3.63, 3.8) is 0 Å². The third-order valence-corrected chi connectivity index (χ3v) is 3.35. The largest absolute Gasteiger partial charge is 0.480 e. The third kappa shape index (κ3) is 9.32. The third-order valence-electron chi connectivity index (χ3n) is 2.34. The van der Waals surface area contributed by atoms with Crippen LogP contribution in [0.15, 0.2) is 0 Å². The molecule has 0 aromatic rings. The molecule has 134 valence electrons. The monoisotopic (exact) mass is 349 g/mol. The number of rotatable bonds is 4. The van der Waals surface area contributed by atoms with E-state index in [-0.39, 0.29) is 0 Å². The van der Waals surface area contributed by atoms with E-state index in [0.717, 1.165) is 0 Å². The fourth-order valence-electron chi connectivity index (χ4n) is 1.50. The number of thioether (sulfide) groups is 1. The number of hydrogen-bond donors (Lipinski definition) is 2. The van der Waals surface area contributed by atoms with Gasteiger partial charge < -0.3 is 19.9 Å². The van der Waals surface area contributed by atoms with Crippen molar-refractivity contribution in [2.45, 2.75) is 77.4 Å². The molecule has 1 amide bonds. The average Bonchev–Trinajstić information content (AvgIpc) is 2.18. The molecule has 23 heavy (non-hydrogen) atoms. The Morgan fingerprint density at radius 1 is 0.913 bits per heavy atom. The topological polar surface area (TPSA) is 102 Å². The maximum atomic E-state index is 11.9. The van der Waals surface area contributed by atoms with Crippen LogP contribution in [0.3, 0.4) is 0 Å². The van der Waals surface area contributed by atoms with Gasteiger partial charge in [-0.15, -0.1) is 0 Å². The van der Waals surface area contributed by atoms with Gasteiger partial charge in [-0.2, -0.15) is 0 Å². The molecule has 0 aliphatic carbocycles. The Kier molecular flexibility index (Phi) is 6.96. The number of alkyl carbamates (subject to hydrolysis) is 1. The van der Waals surface area contributed by atoms with Crippen molar-refractivity contribution in [2.24, 2.45) is 0 Å². The molecule has 0 aromatic heterocycles. The Hall–Kier alpha value is -1.44. The van der Waals surface area contributed by atoms with Crippen LogP contribution in [0.1, 0.15) is 55.4 Å². The first-order valence-electron chi connectivity index (χ1n) is 7.18. The number of ether oxygens (including phenoxy) is 2. The van der Waals surface area contributed by atoms with E-state index in [1.54, 1.807) is 41.5 Å². The smallest absolute Gasteiger partial charge is 0.408 e. The summed E-state index contributed by atoms with van der Waals surface area (Å²) in [6.07, 6.45) is -0.859. The predicted molar refractivity (Wildman–Crippen MR) is 88.7 cm³/mol. The highest BCUT2D eigenvalue weighted by atomic mass is 32.2. The maximum Gasteiger partial charge on any atom is 0.408 e. The zero-order valence-corrected chi connectivity index (χ0v) is 15.8. The second kappa shape index (κ2) is 7.42. The molecule has 1 atom stereocenters. The lowest BCUT2D eigenvalue weighted by molar-refractivity contribution is -0.140. The van der Waals surface area contributed by atoms with Crippen LogP contribution in [0.5, 0.6) is 0 Å². The van der Waals surface area contributed by atoms with Gasteiger partial charge in [0.25, 0.3) is 0 Å². The zero-order chi connectivity index (χ0) is 18.6. The molecule has 2 N–H and O–H groups in total. The normalized spacial score (nSPS) is 13.9. The first kappa shape index (κ1) is 21.6. The van der Waals surface area contributed by atoms with Crippen LogP contribution in [-0.4, -0.2) is 44.5 Å². The number of aliphatic carboxylic acids is 1. The molecule has 0 fully saturated rings. The van der Waals surface area contributed by atoms with Crippen LogP contribution < -0.4 is 5.32 Å². The van der Waals surface area contributed by atoms with E-state index in [4.69, 9.17) is 9.47 Å². The molecule has 7 nitrogen and oxygen atoms in total. The van der Waals surface area contributed by atoms with Crippen molar-refractivity contribution in [1.29, 1.82) is 0 Å². The lowest BCUT2D eigenvalue weighted by Crippen LogP contribution is -2.54. The molecule has 0 radical (unpaired) electrons. The summed E-state index contributed by atoms with van der Waals surface area (Å²) >= 11 is 0.713. The molecule has 0 aliphatic rings. The minimum absolute atomic E-state index is 0.611. The van der Waals surface area contributed by atoms with Crippen LogP contribution >= 0.6 is 11.8 Å². The second-order valence-corrected chi connectivity index (χ2v) is 9.18. The quantitative estimate of drug-likeness (QED) is 0.750. The average molecular weight is 349 g/mol. The summed E-state index contributed by atoms with van der Waals surface area (Å²) in [5.74, 6) is -1.27. The van der Waals surface area contributed by atoms with Crippen LogP contribution in [0.2, 0.25) is 0 Å². The summed E-state index contributed by atoms with van der Waals surface area (Å²) in [5, 5.41) is 11.0.